The van der Waals surface area contributed by atoms with E-state index in [1.165, 1.54) is 75.5 Å². The molecule has 1 N–H and O–H groups in total. The zero-order valence-electron chi connectivity index (χ0n) is 20.1. The summed E-state index contributed by atoms with van der Waals surface area (Å²) in [4.78, 5) is 24.6. The van der Waals surface area contributed by atoms with Gasteiger partial charge in [0.05, 0.1) is 6.42 Å². The van der Waals surface area contributed by atoms with Gasteiger partial charge in [-0.25, -0.2) is 0 Å². The first kappa shape index (κ1) is 25.4. The number of hydrogen-bond acceptors (Lipinski definition) is 8. The second-order valence-corrected chi connectivity index (χ2v) is 12.2. The average Bonchev–Trinajstić information content (AvgIpc) is 3.47. The van der Waals surface area contributed by atoms with Crippen molar-refractivity contribution in [2.45, 2.75) is 109 Å². The van der Waals surface area contributed by atoms with Crippen LogP contribution >= 0.6 is 22.7 Å². The molecular formula is C25H37N5O2S2. The van der Waals surface area contributed by atoms with Crippen LogP contribution in [-0.4, -0.2) is 32.1 Å². The molecule has 0 spiro atoms. The molecule has 2 aliphatic rings. The molecule has 7 nitrogen and oxygen atoms in total. The molecule has 0 unspecified atom stereocenters. The zero-order valence-corrected chi connectivity index (χ0v) is 21.7. The number of carbonyl (C=O) groups excluding carboxylic acids is 2. The van der Waals surface area contributed by atoms with Crippen molar-refractivity contribution < 1.29 is 9.59 Å². The molecule has 2 aromatic heterocycles. The van der Waals surface area contributed by atoms with E-state index in [9.17, 15) is 9.59 Å². The van der Waals surface area contributed by atoms with Crippen LogP contribution in [0.3, 0.4) is 0 Å². The van der Waals surface area contributed by atoms with Gasteiger partial charge in [-0.05, 0) is 37.5 Å². The summed E-state index contributed by atoms with van der Waals surface area (Å²) in [5.74, 6) is 1.49. The SMILES string of the molecule is O=C(Cc1nnc(CCCCc2nnc(NC(=O)CC3CCCCC3)s2)s1)CC1CCCCC1. The first-order valence-electron chi connectivity index (χ1n) is 13.1. The lowest BCUT2D eigenvalue weighted by atomic mass is 9.85. The number of rotatable bonds is 12. The standard InChI is InChI=1S/C25H37N5O2S2/c31-20(15-18-9-3-1-4-10-18)17-24-29-27-22(33-24)13-7-8-14-23-28-30-25(34-23)26-21(32)16-19-11-5-2-6-12-19/h18-19H,1-17H2,(H,26,30,32). The zero-order chi connectivity index (χ0) is 23.6. The number of nitrogens with one attached hydrogen (secondary N) is 1. The van der Waals surface area contributed by atoms with E-state index in [0.717, 1.165) is 40.7 Å². The number of ketones is 1. The van der Waals surface area contributed by atoms with Gasteiger partial charge < -0.3 is 5.32 Å². The molecule has 2 fully saturated rings. The van der Waals surface area contributed by atoms with Crippen LogP contribution in [0.4, 0.5) is 5.13 Å². The van der Waals surface area contributed by atoms with E-state index in [0.29, 0.717) is 42.0 Å². The summed E-state index contributed by atoms with van der Waals surface area (Å²) in [7, 11) is 0. The molecule has 2 heterocycles. The highest BCUT2D eigenvalue weighted by molar-refractivity contribution is 7.15. The van der Waals surface area contributed by atoms with Crippen molar-refractivity contribution in [3.05, 3.63) is 15.0 Å². The van der Waals surface area contributed by atoms with Crippen LogP contribution in [0, 0.1) is 11.8 Å². The van der Waals surface area contributed by atoms with E-state index >= 15 is 0 Å². The Morgan fingerprint density at radius 1 is 0.706 bits per heavy atom. The van der Waals surface area contributed by atoms with Gasteiger partial charge in [-0.2, -0.15) is 0 Å². The molecule has 0 aromatic carbocycles. The topological polar surface area (TPSA) is 97.7 Å². The van der Waals surface area contributed by atoms with E-state index in [1.807, 2.05) is 0 Å². The first-order chi connectivity index (χ1) is 16.6. The molecule has 0 radical (unpaired) electrons. The van der Waals surface area contributed by atoms with Gasteiger partial charge >= 0.3 is 0 Å². The maximum atomic E-state index is 12.4. The van der Waals surface area contributed by atoms with Gasteiger partial charge in [0.2, 0.25) is 11.0 Å². The van der Waals surface area contributed by atoms with Crippen molar-refractivity contribution in [2.24, 2.45) is 11.8 Å². The highest BCUT2D eigenvalue weighted by atomic mass is 32.1. The van der Waals surface area contributed by atoms with Gasteiger partial charge in [0.25, 0.3) is 0 Å². The molecule has 34 heavy (non-hydrogen) atoms. The Labute approximate surface area is 210 Å². The van der Waals surface area contributed by atoms with Gasteiger partial charge in [0.1, 0.15) is 20.8 Å². The molecule has 2 aliphatic carbocycles. The van der Waals surface area contributed by atoms with Crippen molar-refractivity contribution in [1.29, 1.82) is 0 Å². The molecule has 4 rings (SSSR count). The van der Waals surface area contributed by atoms with E-state index in [-0.39, 0.29) is 5.91 Å². The normalized spacial score (nSPS) is 17.6. The van der Waals surface area contributed by atoms with Crippen molar-refractivity contribution >= 4 is 39.5 Å². The Bertz CT molecular complexity index is 842. The predicted molar refractivity (Wildman–Crippen MR) is 136 cm³/mol. The second kappa shape index (κ2) is 13.4. The molecule has 186 valence electrons. The molecule has 1 amide bonds. The van der Waals surface area contributed by atoms with Gasteiger partial charge in [0, 0.05) is 25.7 Å². The number of Topliss-reactive ketones (excluding diaryl/α,β-unsaturated/α-hetero) is 1. The minimum absolute atomic E-state index is 0.0684. The first-order valence-corrected chi connectivity index (χ1v) is 14.7. The number of aromatic nitrogens is 4. The van der Waals surface area contributed by atoms with E-state index < -0.39 is 0 Å². The Kier molecular flexibility index (Phi) is 9.98. The Morgan fingerprint density at radius 3 is 1.94 bits per heavy atom. The predicted octanol–water partition coefficient (Wildman–Crippen LogP) is 5.95. The molecular weight excluding hydrogens is 466 g/mol. The Balaban J connectivity index is 1.11. The minimum atomic E-state index is 0.0684. The number of nitrogens with zero attached hydrogens (tertiary/aromatic N) is 4. The number of anilines is 1. The summed E-state index contributed by atoms with van der Waals surface area (Å²) in [6.45, 7) is 0. The van der Waals surface area contributed by atoms with Crippen molar-refractivity contribution in [1.82, 2.24) is 20.4 Å². The average molecular weight is 504 g/mol. The lowest BCUT2D eigenvalue weighted by Gasteiger charge is -2.20. The fourth-order valence-electron chi connectivity index (χ4n) is 5.20. The third kappa shape index (κ3) is 8.48. The maximum Gasteiger partial charge on any atom is 0.226 e. The van der Waals surface area contributed by atoms with Crippen LogP contribution in [0.15, 0.2) is 0 Å². The monoisotopic (exact) mass is 503 g/mol. The van der Waals surface area contributed by atoms with Crippen molar-refractivity contribution in [3.63, 3.8) is 0 Å². The molecule has 2 aromatic rings. The van der Waals surface area contributed by atoms with Crippen LogP contribution in [0.25, 0.3) is 0 Å². The summed E-state index contributed by atoms with van der Waals surface area (Å²) in [5, 5.41) is 23.3. The molecule has 9 heteroatoms. The van der Waals surface area contributed by atoms with E-state index in [2.05, 4.69) is 25.7 Å². The van der Waals surface area contributed by atoms with Crippen molar-refractivity contribution in [3.8, 4) is 0 Å². The van der Waals surface area contributed by atoms with Crippen LogP contribution in [0.5, 0.6) is 0 Å². The van der Waals surface area contributed by atoms with Gasteiger partial charge in [-0.15, -0.1) is 31.7 Å². The highest BCUT2D eigenvalue weighted by Crippen LogP contribution is 2.28. The summed E-state index contributed by atoms with van der Waals surface area (Å²) in [5.41, 5.74) is 0. The third-order valence-electron chi connectivity index (χ3n) is 7.04. The number of unbranched alkanes of at least 4 members (excludes halogenated alkanes) is 1. The molecule has 0 atom stereocenters. The summed E-state index contributed by atoms with van der Waals surface area (Å²) >= 11 is 3.06. The van der Waals surface area contributed by atoms with Crippen molar-refractivity contribution in [2.75, 3.05) is 5.32 Å². The number of hydrogen-bond donors (Lipinski definition) is 1. The summed E-state index contributed by atoms with van der Waals surface area (Å²) in [6, 6.07) is 0. The number of amides is 1. The van der Waals surface area contributed by atoms with Gasteiger partial charge in [-0.1, -0.05) is 62.7 Å². The fourth-order valence-corrected chi connectivity index (χ4v) is 6.91. The highest BCUT2D eigenvalue weighted by Gasteiger charge is 2.19. The third-order valence-corrected chi connectivity index (χ3v) is 8.92. The van der Waals surface area contributed by atoms with Gasteiger partial charge in [-0.3, -0.25) is 9.59 Å². The molecule has 0 bridgehead atoms. The van der Waals surface area contributed by atoms with Crippen LogP contribution < -0.4 is 5.32 Å². The van der Waals surface area contributed by atoms with Crippen LogP contribution in [0.1, 0.15) is 105 Å². The van der Waals surface area contributed by atoms with E-state index in [4.69, 9.17) is 0 Å². The maximum absolute atomic E-state index is 12.4. The summed E-state index contributed by atoms with van der Waals surface area (Å²) in [6.07, 6.45) is 17.9. The quantitative estimate of drug-likeness (QED) is 0.360. The lowest BCUT2D eigenvalue weighted by molar-refractivity contribution is -0.119. The molecule has 2 saturated carbocycles. The summed E-state index contributed by atoms with van der Waals surface area (Å²) < 4.78 is 0. The number of carbonyl (C=O) groups is 2. The van der Waals surface area contributed by atoms with E-state index in [1.54, 1.807) is 11.3 Å². The smallest absolute Gasteiger partial charge is 0.226 e. The van der Waals surface area contributed by atoms with Gasteiger partial charge in [0.15, 0.2) is 0 Å². The lowest BCUT2D eigenvalue weighted by Crippen LogP contribution is -2.18. The molecule has 0 saturated heterocycles. The largest absolute Gasteiger partial charge is 0.301 e. The van der Waals surface area contributed by atoms with Crippen LogP contribution in [-0.2, 0) is 28.9 Å². The molecule has 0 aliphatic heterocycles. The second-order valence-electron chi connectivity index (χ2n) is 9.98. The fraction of sp³-hybridized carbons (Fsp3) is 0.760. The Morgan fingerprint density at radius 2 is 1.26 bits per heavy atom. The number of aryl methyl sites for hydroxylation is 2. The Hall–Kier alpha value is -1.74. The van der Waals surface area contributed by atoms with Crippen LogP contribution in [0.2, 0.25) is 0 Å². The minimum Gasteiger partial charge on any atom is -0.301 e.